The van der Waals surface area contributed by atoms with Gasteiger partial charge in [0, 0.05) is 4.88 Å². The molecule has 1 aromatic heterocycles. The molecule has 1 atom stereocenters. The maximum Gasteiger partial charge on any atom is 0.145 e. The Labute approximate surface area is 143 Å². The molecule has 1 unspecified atom stereocenters. The molecule has 2 heterocycles. The summed E-state index contributed by atoms with van der Waals surface area (Å²) in [6.07, 6.45) is 7.91. The third-order valence-corrected chi connectivity index (χ3v) is 5.97. The summed E-state index contributed by atoms with van der Waals surface area (Å²) in [5.74, 6) is 0. The van der Waals surface area contributed by atoms with Crippen molar-refractivity contribution in [2.45, 2.75) is 44.1 Å². The topological polar surface area (TPSA) is 20.3 Å². The minimum absolute atomic E-state index is 0.413. The van der Waals surface area contributed by atoms with Crippen LogP contribution in [0.2, 0.25) is 0 Å². The van der Waals surface area contributed by atoms with Gasteiger partial charge in [-0.3, -0.25) is 4.90 Å². The van der Waals surface area contributed by atoms with E-state index in [4.69, 9.17) is 0 Å². The van der Waals surface area contributed by atoms with Gasteiger partial charge in [0.25, 0.3) is 0 Å². The number of benzene rings is 1. The first-order valence-corrected chi connectivity index (χ1v) is 9.52. The molecule has 1 aliphatic rings. The molecule has 1 aliphatic heterocycles. The molecule has 3 rings (SSSR count). The molecule has 122 valence electrons. The van der Waals surface area contributed by atoms with Gasteiger partial charge in [-0.25, -0.2) is 0 Å². The third-order valence-electron chi connectivity index (χ3n) is 4.93. The highest BCUT2D eigenvalue weighted by Gasteiger charge is 2.39. The van der Waals surface area contributed by atoms with E-state index in [-0.39, 0.29) is 0 Å². The number of hydrogen-bond acceptors (Lipinski definition) is 3. The molecule has 23 heavy (non-hydrogen) atoms. The number of piperidine rings is 1. The molecule has 2 aromatic rings. The Hall–Kier alpha value is -1.45. The van der Waals surface area contributed by atoms with Crippen LogP contribution in [-0.4, -0.2) is 24.3 Å². The molecule has 0 aliphatic carbocycles. The molecule has 2 nitrogen and oxygen atoms in total. The summed E-state index contributed by atoms with van der Waals surface area (Å²) >= 11 is 1.72. The maximum atomic E-state index is 12.2. The van der Waals surface area contributed by atoms with Gasteiger partial charge in [0.2, 0.25) is 0 Å². The Bertz CT molecular complexity index is 589. The highest BCUT2D eigenvalue weighted by Crippen LogP contribution is 2.37. The summed E-state index contributed by atoms with van der Waals surface area (Å²) in [6.45, 7) is 2.09. The Kier molecular flexibility index (Phi) is 5.63. The smallest absolute Gasteiger partial charge is 0.145 e. The number of rotatable bonds is 7. The highest BCUT2D eigenvalue weighted by molar-refractivity contribution is 7.10. The lowest BCUT2D eigenvalue weighted by molar-refractivity contribution is -0.120. The lowest BCUT2D eigenvalue weighted by Crippen LogP contribution is -2.49. The van der Waals surface area contributed by atoms with Crippen LogP contribution in [0.1, 0.15) is 42.5 Å². The van der Waals surface area contributed by atoms with Crippen LogP contribution >= 0.6 is 11.3 Å². The van der Waals surface area contributed by atoms with Crippen molar-refractivity contribution in [3.05, 3.63) is 58.3 Å². The largest absolute Gasteiger partial charge is 0.301 e. The second kappa shape index (κ2) is 7.89. The monoisotopic (exact) mass is 327 g/mol. The van der Waals surface area contributed by atoms with E-state index in [9.17, 15) is 4.79 Å². The summed E-state index contributed by atoms with van der Waals surface area (Å²) in [5.41, 5.74) is 0.945. The minimum Gasteiger partial charge on any atom is -0.301 e. The van der Waals surface area contributed by atoms with E-state index in [0.29, 0.717) is 0 Å². The fourth-order valence-electron chi connectivity index (χ4n) is 3.65. The number of nitrogens with zero attached hydrogens (tertiary/aromatic N) is 1. The van der Waals surface area contributed by atoms with Crippen molar-refractivity contribution in [2.24, 2.45) is 0 Å². The third kappa shape index (κ3) is 3.73. The fourth-order valence-corrected chi connectivity index (χ4v) is 4.60. The van der Waals surface area contributed by atoms with Gasteiger partial charge in [-0.1, -0.05) is 42.8 Å². The predicted octanol–water partition coefficient (Wildman–Crippen LogP) is 4.65. The molecule has 0 spiro atoms. The number of likely N-dealkylation sites (tertiary alicyclic amines) is 1. The van der Waals surface area contributed by atoms with Crippen molar-refractivity contribution in [3.63, 3.8) is 0 Å². The van der Waals surface area contributed by atoms with Crippen molar-refractivity contribution >= 4 is 17.6 Å². The average Bonchev–Trinajstić information content (AvgIpc) is 3.16. The first kappa shape index (κ1) is 16.4. The van der Waals surface area contributed by atoms with Crippen LogP contribution in [0.25, 0.3) is 0 Å². The van der Waals surface area contributed by atoms with E-state index in [0.717, 1.165) is 32.4 Å². The lowest BCUT2D eigenvalue weighted by atomic mass is 9.87. The predicted molar refractivity (Wildman–Crippen MR) is 96.9 cm³/mol. The molecule has 1 aromatic carbocycles. The summed E-state index contributed by atoms with van der Waals surface area (Å²) in [7, 11) is 0. The SMILES string of the molecule is O=CC(CCCc1ccccc1)(c1cccs1)N1CCCCC1. The number of carbonyl (C=O) groups is 1. The molecular weight excluding hydrogens is 302 g/mol. The van der Waals surface area contributed by atoms with Crippen LogP contribution in [0.5, 0.6) is 0 Å². The molecular formula is C20H25NOS. The van der Waals surface area contributed by atoms with Crippen molar-refractivity contribution in [1.82, 2.24) is 4.90 Å². The van der Waals surface area contributed by atoms with Crippen LogP contribution in [0.3, 0.4) is 0 Å². The normalized spacial score (nSPS) is 18.4. The van der Waals surface area contributed by atoms with Gasteiger partial charge in [-0.05, 0) is 62.2 Å². The second-order valence-corrected chi connectivity index (χ2v) is 7.35. The Balaban J connectivity index is 1.75. The standard InChI is InChI=1S/C20H25NOS/c22-17-20(19-12-8-16-23-19,21-14-5-2-6-15-21)13-7-11-18-9-3-1-4-10-18/h1,3-4,8-10,12,16-17H,2,5-7,11,13-15H2. The highest BCUT2D eigenvalue weighted by atomic mass is 32.1. The maximum absolute atomic E-state index is 12.2. The van der Waals surface area contributed by atoms with Crippen LogP contribution in [0.15, 0.2) is 47.8 Å². The van der Waals surface area contributed by atoms with Crippen LogP contribution < -0.4 is 0 Å². The summed E-state index contributed by atoms with van der Waals surface area (Å²) < 4.78 is 0. The molecule has 0 radical (unpaired) electrons. The molecule has 3 heteroatoms. The number of hydrogen-bond donors (Lipinski definition) is 0. The quantitative estimate of drug-likeness (QED) is 0.690. The van der Waals surface area contributed by atoms with Gasteiger partial charge in [-0.15, -0.1) is 11.3 Å². The van der Waals surface area contributed by atoms with Gasteiger partial charge in [-0.2, -0.15) is 0 Å². The van der Waals surface area contributed by atoms with Crippen LogP contribution in [0.4, 0.5) is 0 Å². The molecule has 0 saturated carbocycles. The average molecular weight is 327 g/mol. The Morgan fingerprint density at radius 3 is 2.48 bits per heavy atom. The van der Waals surface area contributed by atoms with E-state index < -0.39 is 5.54 Å². The number of aryl methyl sites for hydroxylation is 1. The number of carbonyl (C=O) groups excluding carboxylic acids is 1. The zero-order valence-electron chi connectivity index (χ0n) is 13.6. The van der Waals surface area contributed by atoms with E-state index in [1.54, 1.807) is 11.3 Å². The summed E-state index contributed by atoms with van der Waals surface area (Å²) in [4.78, 5) is 15.9. The molecule has 1 saturated heterocycles. The second-order valence-electron chi connectivity index (χ2n) is 6.41. The Morgan fingerprint density at radius 2 is 1.83 bits per heavy atom. The van der Waals surface area contributed by atoms with E-state index in [1.165, 1.54) is 36.0 Å². The van der Waals surface area contributed by atoms with E-state index in [2.05, 4.69) is 52.7 Å². The van der Waals surface area contributed by atoms with Gasteiger partial charge in [0.05, 0.1) is 0 Å². The zero-order chi connectivity index (χ0) is 16.0. The zero-order valence-corrected chi connectivity index (χ0v) is 14.4. The first-order chi connectivity index (χ1) is 11.3. The van der Waals surface area contributed by atoms with Crippen molar-refractivity contribution < 1.29 is 4.79 Å². The first-order valence-electron chi connectivity index (χ1n) is 8.64. The van der Waals surface area contributed by atoms with Crippen molar-refractivity contribution in [1.29, 1.82) is 0 Å². The Morgan fingerprint density at radius 1 is 1.04 bits per heavy atom. The van der Waals surface area contributed by atoms with Crippen molar-refractivity contribution in [2.75, 3.05) is 13.1 Å². The van der Waals surface area contributed by atoms with Gasteiger partial charge >= 0.3 is 0 Å². The number of thiophene rings is 1. The molecule has 1 fully saturated rings. The fraction of sp³-hybridized carbons (Fsp3) is 0.450. The molecule has 0 N–H and O–H groups in total. The van der Waals surface area contributed by atoms with Crippen molar-refractivity contribution in [3.8, 4) is 0 Å². The lowest BCUT2D eigenvalue weighted by Gasteiger charge is -2.42. The van der Waals surface area contributed by atoms with Gasteiger partial charge in [0.1, 0.15) is 11.8 Å². The molecule has 0 bridgehead atoms. The summed E-state index contributed by atoms with van der Waals surface area (Å²) in [5, 5.41) is 2.09. The van der Waals surface area contributed by atoms with Gasteiger partial charge < -0.3 is 4.79 Å². The van der Waals surface area contributed by atoms with Crippen LogP contribution in [0, 0.1) is 0 Å². The molecule has 0 amide bonds. The summed E-state index contributed by atoms with van der Waals surface area (Å²) in [6, 6.07) is 14.8. The number of aldehydes is 1. The minimum atomic E-state index is -0.413. The van der Waals surface area contributed by atoms with E-state index in [1.807, 2.05) is 0 Å². The van der Waals surface area contributed by atoms with E-state index >= 15 is 0 Å². The van der Waals surface area contributed by atoms with Crippen LogP contribution in [-0.2, 0) is 16.8 Å². The van der Waals surface area contributed by atoms with Gasteiger partial charge in [0.15, 0.2) is 0 Å².